The zero-order valence-electron chi connectivity index (χ0n) is 17.8. The number of hydrogen-bond donors (Lipinski definition) is 1. The molecule has 1 unspecified atom stereocenters. The van der Waals surface area contributed by atoms with E-state index in [4.69, 9.17) is 15.5 Å². The molecule has 0 saturated heterocycles. The molecule has 164 valence electrons. The minimum absolute atomic E-state index is 0.112. The van der Waals surface area contributed by atoms with Crippen molar-refractivity contribution in [1.29, 1.82) is 0 Å². The van der Waals surface area contributed by atoms with Crippen molar-refractivity contribution in [2.45, 2.75) is 12.6 Å². The van der Waals surface area contributed by atoms with Gasteiger partial charge >= 0.3 is 0 Å². The lowest BCUT2D eigenvalue weighted by Crippen LogP contribution is -2.38. The lowest BCUT2D eigenvalue weighted by molar-refractivity contribution is -0.122. The van der Waals surface area contributed by atoms with Gasteiger partial charge in [-0.05, 0) is 41.5 Å². The van der Waals surface area contributed by atoms with Crippen LogP contribution in [0.3, 0.4) is 0 Å². The van der Waals surface area contributed by atoms with Crippen LogP contribution in [-0.2, 0) is 11.3 Å². The number of fused-ring (bicyclic) bond motifs is 2. The third-order valence-electron chi connectivity index (χ3n) is 5.89. The first-order valence-corrected chi connectivity index (χ1v) is 10.4. The molecule has 1 atom stereocenters. The molecule has 4 aromatic rings. The van der Waals surface area contributed by atoms with Crippen molar-refractivity contribution in [1.82, 2.24) is 9.88 Å². The van der Waals surface area contributed by atoms with Gasteiger partial charge in [0, 0.05) is 10.9 Å². The van der Waals surface area contributed by atoms with Crippen LogP contribution in [0.15, 0.2) is 72.8 Å². The Morgan fingerprint density at radius 2 is 1.79 bits per heavy atom. The molecule has 1 aliphatic heterocycles. The Bertz CT molecular complexity index is 1390. The SMILES string of the molecule is COc1ccc2nc3c(c(-c4ccccc4)c2c1)C(=O)N(C(C(N)=O)c1ccc(F)cc1)C3. The zero-order valence-corrected chi connectivity index (χ0v) is 17.8. The molecule has 0 fully saturated rings. The van der Waals surface area contributed by atoms with Crippen molar-refractivity contribution in [2.75, 3.05) is 7.11 Å². The van der Waals surface area contributed by atoms with Crippen LogP contribution < -0.4 is 10.5 Å². The number of hydrogen-bond acceptors (Lipinski definition) is 4. The number of pyridine rings is 1. The minimum atomic E-state index is -1.05. The maximum atomic E-state index is 13.7. The summed E-state index contributed by atoms with van der Waals surface area (Å²) in [4.78, 5) is 32.3. The van der Waals surface area contributed by atoms with E-state index in [0.29, 0.717) is 28.1 Å². The highest BCUT2D eigenvalue weighted by Gasteiger charge is 2.39. The number of amides is 2. The predicted molar refractivity (Wildman–Crippen MR) is 122 cm³/mol. The van der Waals surface area contributed by atoms with Gasteiger partial charge in [-0.15, -0.1) is 0 Å². The van der Waals surface area contributed by atoms with Crippen LogP contribution in [0.1, 0.15) is 27.7 Å². The fourth-order valence-corrected chi connectivity index (χ4v) is 4.40. The molecule has 5 rings (SSSR count). The van der Waals surface area contributed by atoms with Crippen LogP contribution in [-0.4, -0.2) is 28.8 Å². The van der Waals surface area contributed by atoms with Crippen LogP contribution >= 0.6 is 0 Å². The fraction of sp³-hybridized carbons (Fsp3) is 0.115. The molecule has 2 N–H and O–H groups in total. The van der Waals surface area contributed by atoms with Crippen molar-refractivity contribution in [3.05, 3.63) is 95.4 Å². The molecule has 2 amide bonds. The molecule has 0 radical (unpaired) electrons. The number of benzene rings is 3. The molecule has 6 nitrogen and oxygen atoms in total. The van der Waals surface area contributed by atoms with Gasteiger partial charge in [0.15, 0.2) is 0 Å². The van der Waals surface area contributed by atoms with Gasteiger partial charge in [0.2, 0.25) is 5.91 Å². The number of ether oxygens (including phenoxy) is 1. The van der Waals surface area contributed by atoms with Crippen LogP contribution in [0.2, 0.25) is 0 Å². The Labute approximate surface area is 189 Å². The van der Waals surface area contributed by atoms with E-state index in [1.165, 1.54) is 29.2 Å². The molecule has 0 bridgehead atoms. The Hall–Kier alpha value is -4.26. The molecule has 3 aromatic carbocycles. The highest BCUT2D eigenvalue weighted by Crippen LogP contribution is 2.40. The van der Waals surface area contributed by atoms with Crippen LogP contribution in [0.25, 0.3) is 22.0 Å². The summed E-state index contributed by atoms with van der Waals surface area (Å²) in [5.74, 6) is -0.847. The van der Waals surface area contributed by atoms with E-state index in [0.717, 1.165) is 16.5 Å². The van der Waals surface area contributed by atoms with Crippen molar-refractivity contribution < 1.29 is 18.7 Å². The topological polar surface area (TPSA) is 85.5 Å². The van der Waals surface area contributed by atoms with Crippen molar-refractivity contribution in [2.24, 2.45) is 5.73 Å². The van der Waals surface area contributed by atoms with E-state index in [2.05, 4.69) is 0 Å². The number of primary amides is 1. The Balaban J connectivity index is 1.71. The largest absolute Gasteiger partial charge is 0.497 e. The van der Waals surface area contributed by atoms with Gasteiger partial charge < -0.3 is 15.4 Å². The fourth-order valence-electron chi connectivity index (χ4n) is 4.40. The summed E-state index contributed by atoms with van der Waals surface area (Å²) >= 11 is 0. The van der Waals surface area contributed by atoms with Crippen LogP contribution in [0.5, 0.6) is 5.75 Å². The Kier molecular flexibility index (Phi) is 5.01. The van der Waals surface area contributed by atoms with E-state index in [1.54, 1.807) is 7.11 Å². The molecular weight excluding hydrogens is 421 g/mol. The second kappa shape index (κ2) is 8.02. The third kappa shape index (κ3) is 3.47. The summed E-state index contributed by atoms with van der Waals surface area (Å²) in [5.41, 5.74) is 9.42. The number of rotatable bonds is 5. The molecule has 0 spiro atoms. The summed E-state index contributed by atoms with van der Waals surface area (Å²) in [6.45, 7) is 0.112. The third-order valence-corrected chi connectivity index (χ3v) is 5.89. The van der Waals surface area contributed by atoms with E-state index in [-0.39, 0.29) is 12.5 Å². The molecule has 2 heterocycles. The van der Waals surface area contributed by atoms with Gasteiger partial charge in [0.05, 0.1) is 30.4 Å². The zero-order chi connectivity index (χ0) is 23.1. The molecule has 7 heteroatoms. The van der Waals surface area contributed by atoms with Crippen LogP contribution in [0, 0.1) is 5.82 Å². The lowest BCUT2D eigenvalue weighted by Gasteiger charge is -2.25. The van der Waals surface area contributed by atoms with Gasteiger partial charge in [-0.1, -0.05) is 42.5 Å². The number of carbonyl (C=O) groups excluding carboxylic acids is 2. The van der Waals surface area contributed by atoms with E-state index < -0.39 is 17.8 Å². The van der Waals surface area contributed by atoms with E-state index in [9.17, 15) is 14.0 Å². The molecule has 0 aliphatic carbocycles. The quantitative estimate of drug-likeness (QED) is 0.502. The number of nitrogens with zero attached hydrogens (tertiary/aromatic N) is 2. The van der Waals surface area contributed by atoms with Crippen molar-refractivity contribution in [3.8, 4) is 16.9 Å². The van der Waals surface area contributed by atoms with Crippen molar-refractivity contribution >= 4 is 22.7 Å². The average molecular weight is 441 g/mol. The predicted octanol–water partition coefficient (Wildman–Crippen LogP) is 4.23. The second-order valence-electron chi connectivity index (χ2n) is 7.85. The number of carbonyl (C=O) groups is 2. The Morgan fingerprint density at radius 1 is 1.06 bits per heavy atom. The minimum Gasteiger partial charge on any atom is -0.497 e. The van der Waals surface area contributed by atoms with E-state index >= 15 is 0 Å². The number of aromatic nitrogens is 1. The van der Waals surface area contributed by atoms with Gasteiger partial charge in [-0.2, -0.15) is 0 Å². The lowest BCUT2D eigenvalue weighted by atomic mass is 9.94. The normalized spacial score (nSPS) is 13.8. The summed E-state index contributed by atoms with van der Waals surface area (Å²) in [7, 11) is 1.58. The van der Waals surface area contributed by atoms with Gasteiger partial charge in [0.1, 0.15) is 17.6 Å². The number of halogens is 1. The summed E-state index contributed by atoms with van der Waals surface area (Å²) in [6, 6.07) is 19.4. The van der Waals surface area contributed by atoms with Crippen LogP contribution in [0.4, 0.5) is 4.39 Å². The highest BCUT2D eigenvalue weighted by molar-refractivity contribution is 6.12. The second-order valence-corrected chi connectivity index (χ2v) is 7.85. The first kappa shape index (κ1) is 20.6. The first-order chi connectivity index (χ1) is 16.0. The standard InChI is InChI=1S/C26H20FN3O3/c1-33-18-11-12-20-19(13-18)22(15-5-3-2-4-6-15)23-21(29-20)14-30(26(23)32)24(25(28)31)16-7-9-17(27)10-8-16/h2-13,24H,14H2,1H3,(H2,28,31). The average Bonchev–Trinajstić information content (AvgIpc) is 3.14. The monoisotopic (exact) mass is 441 g/mol. The molecule has 0 saturated carbocycles. The molecule has 1 aromatic heterocycles. The number of methoxy groups -OCH3 is 1. The van der Waals surface area contributed by atoms with Crippen molar-refractivity contribution in [3.63, 3.8) is 0 Å². The molecule has 1 aliphatic rings. The number of nitrogens with two attached hydrogens (primary N) is 1. The first-order valence-electron chi connectivity index (χ1n) is 10.4. The van der Waals surface area contributed by atoms with Gasteiger partial charge in [0.25, 0.3) is 5.91 Å². The Morgan fingerprint density at radius 3 is 2.45 bits per heavy atom. The smallest absolute Gasteiger partial charge is 0.257 e. The summed E-state index contributed by atoms with van der Waals surface area (Å²) < 4.78 is 18.9. The maximum Gasteiger partial charge on any atom is 0.257 e. The summed E-state index contributed by atoms with van der Waals surface area (Å²) in [5, 5.41) is 0.770. The summed E-state index contributed by atoms with van der Waals surface area (Å²) in [6.07, 6.45) is 0. The molecule has 33 heavy (non-hydrogen) atoms. The van der Waals surface area contributed by atoms with Gasteiger partial charge in [-0.25, -0.2) is 4.39 Å². The van der Waals surface area contributed by atoms with Gasteiger partial charge in [-0.3, -0.25) is 14.6 Å². The highest BCUT2D eigenvalue weighted by atomic mass is 19.1. The maximum absolute atomic E-state index is 13.7. The van der Waals surface area contributed by atoms with E-state index in [1.807, 2.05) is 48.5 Å². The molecular formula is C26H20FN3O3.